The Morgan fingerprint density at radius 2 is 1.57 bits per heavy atom. The molecule has 7 heteroatoms. The molecule has 2 aromatic rings. The Balaban J connectivity index is 1.26. The molecule has 3 aliphatic rings. The number of amides is 4. The predicted octanol–water partition coefficient (Wildman–Crippen LogP) is 4.35. The van der Waals surface area contributed by atoms with Gasteiger partial charge in [0.05, 0.1) is 22.4 Å². The Morgan fingerprint density at radius 1 is 0.943 bits per heavy atom. The lowest BCUT2D eigenvalue weighted by molar-refractivity contribution is -0.116. The zero-order valence-corrected chi connectivity index (χ0v) is 20.5. The number of carbonyl (C=O) groups excluding carboxylic acids is 4. The van der Waals surface area contributed by atoms with Gasteiger partial charge in [-0.3, -0.25) is 24.1 Å². The second-order valence-electron chi connectivity index (χ2n) is 11.3. The van der Waals surface area contributed by atoms with Crippen LogP contribution in [0.2, 0.25) is 0 Å². The summed E-state index contributed by atoms with van der Waals surface area (Å²) in [6.07, 6.45) is 3.03. The summed E-state index contributed by atoms with van der Waals surface area (Å²) >= 11 is 0. The van der Waals surface area contributed by atoms with Crippen molar-refractivity contribution < 1.29 is 19.2 Å². The third kappa shape index (κ3) is 4.24. The SMILES string of the molecule is CC1(C)C[C@H]2C[C@@](C)(CN2C(=O)c2ccccc2NC(=O)CCN2C(=O)c3ccccc3C2=O)C1. The van der Waals surface area contributed by atoms with Crippen molar-refractivity contribution in [3.05, 3.63) is 65.2 Å². The fourth-order valence-electron chi connectivity index (χ4n) is 6.50. The lowest BCUT2D eigenvalue weighted by Crippen LogP contribution is -2.38. The first-order chi connectivity index (χ1) is 16.6. The van der Waals surface area contributed by atoms with Crippen molar-refractivity contribution in [3.63, 3.8) is 0 Å². The van der Waals surface area contributed by atoms with Gasteiger partial charge >= 0.3 is 0 Å². The first kappa shape index (κ1) is 23.3. The number of hydrogen-bond acceptors (Lipinski definition) is 4. The molecule has 0 unspecified atom stereocenters. The summed E-state index contributed by atoms with van der Waals surface area (Å²) in [4.78, 5) is 54.6. The molecule has 2 atom stereocenters. The van der Waals surface area contributed by atoms with Crippen LogP contribution in [0.4, 0.5) is 5.69 Å². The van der Waals surface area contributed by atoms with E-state index >= 15 is 0 Å². The van der Waals surface area contributed by atoms with Gasteiger partial charge in [0.1, 0.15) is 0 Å². The number of benzene rings is 2. The number of carbonyl (C=O) groups is 4. The van der Waals surface area contributed by atoms with Gasteiger partial charge in [-0.15, -0.1) is 0 Å². The molecule has 2 heterocycles. The maximum atomic E-state index is 13.6. The number of fused-ring (bicyclic) bond motifs is 3. The summed E-state index contributed by atoms with van der Waals surface area (Å²) in [6.45, 7) is 7.51. The van der Waals surface area contributed by atoms with E-state index in [0.29, 0.717) is 22.4 Å². The zero-order valence-electron chi connectivity index (χ0n) is 20.5. The molecule has 0 aromatic heterocycles. The second-order valence-corrected chi connectivity index (χ2v) is 11.3. The summed E-state index contributed by atoms with van der Waals surface area (Å²) in [6, 6.07) is 13.9. The largest absolute Gasteiger partial charge is 0.335 e. The van der Waals surface area contributed by atoms with Gasteiger partial charge in [0.2, 0.25) is 5.91 Å². The molecule has 2 bridgehead atoms. The number of para-hydroxylation sites is 1. The van der Waals surface area contributed by atoms with Crippen LogP contribution in [0.25, 0.3) is 0 Å². The molecule has 1 N–H and O–H groups in total. The van der Waals surface area contributed by atoms with Gasteiger partial charge < -0.3 is 10.2 Å². The number of rotatable bonds is 5. The van der Waals surface area contributed by atoms with E-state index in [0.717, 1.165) is 30.7 Å². The minimum absolute atomic E-state index is 0.0179. The third-order valence-electron chi connectivity index (χ3n) is 7.55. The predicted molar refractivity (Wildman–Crippen MR) is 132 cm³/mol. The van der Waals surface area contributed by atoms with Crippen LogP contribution in [-0.4, -0.2) is 52.6 Å². The molecule has 1 saturated heterocycles. The Bertz CT molecular complexity index is 1200. The molecule has 0 radical (unpaired) electrons. The Kier molecular flexibility index (Phi) is 5.54. The van der Waals surface area contributed by atoms with E-state index in [1.807, 2.05) is 4.90 Å². The number of anilines is 1. The molecular formula is C28H31N3O4. The first-order valence-electron chi connectivity index (χ1n) is 12.2. The van der Waals surface area contributed by atoms with Crippen molar-refractivity contribution in [2.45, 2.75) is 52.5 Å². The standard InChI is InChI=1S/C28H31N3O4/c1-27(2)14-18-15-28(3,16-27)17-31(18)26(35)21-10-6-7-11-22(21)29-23(32)12-13-30-24(33)19-8-4-5-9-20(19)25(30)34/h4-11,18H,12-17H2,1-3H3,(H,29,32)/t18-,28+/m0/s1. The van der Waals surface area contributed by atoms with Gasteiger partial charge in [-0.1, -0.05) is 45.0 Å². The molecule has 7 nitrogen and oxygen atoms in total. The Hall–Kier alpha value is -3.48. The molecule has 0 spiro atoms. The maximum absolute atomic E-state index is 13.6. The number of likely N-dealkylation sites (tertiary alicyclic amines) is 1. The molecular weight excluding hydrogens is 442 g/mol. The minimum Gasteiger partial charge on any atom is -0.335 e. The summed E-state index contributed by atoms with van der Waals surface area (Å²) in [5.41, 5.74) is 1.96. The summed E-state index contributed by atoms with van der Waals surface area (Å²) in [5.74, 6) is -1.18. The van der Waals surface area contributed by atoms with Crippen molar-refractivity contribution >= 4 is 29.3 Å². The number of imide groups is 1. The van der Waals surface area contributed by atoms with Crippen LogP contribution in [0, 0.1) is 10.8 Å². The number of nitrogens with zero attached hydrogens (tertiary/aromatic N) is 2. The molecule has 2 aliphatic heterocycles. The van der Waals surface area contributed by atoms with E-state index in [9.17, 15) is 19.2 Å². The summed E-state index contributed by atoms with van der Waals surface area (Å²) in [5, 5.41) is 2.84. The zero-order chi connectivity index (χ0) is 25.0. The van der Waals surface area contributed by atoms with Crippen LogP contribution < -0.4 is 5.32 Å². The van der Waals surface area contributed by atoms with E-state index in [4.69, 9.17) is 0 Å². The normalized spacial score (nSPS) is 24.5. The fourth-order valence-corrected chi connectivity index (χ4v) is 6.50. The van der Waals surface area contributed by atoms with Gasteiger partial charge in [0, 0.05) is 25.6 Å². The highest BCUT2D eigenvalue weighted by Gasteiger charge is 2.51. The summed E-state index contributed by atoms with van der Waals surface area (Å²) in [7, 11) is 0. The topological polar surface area (TPSA) is 86.8 Å². The van der Waals surface area contributed by atoms with Crippen molar-refractivity contribution in [1.82, 2.24) is 9.80 Å². The highest BCUT2D eigenvalue weighted by Crippen LogP contribution is 2.52. The lowest BCUT2D eigenvalue weighted by atomic mass is 9.65. The Morgan fingerprint density at radius 3 is 2.26 bits per heavy atom. The van der Waals surface area contributed by atoms with Gasteiger partial charge in [-0.05, 0) is 54.4 Å². The van der Waals surface area contributed by atoms with Crippen molar-refractivity contribution in [2.24, 2.45) is 10.8 Å². The Labute approximate surface area is 205 Å². The quantitative estimate of drug-likeness (QED) is 0.654. The first-order valence-corrected chi connectivity index (χ1v) is 12.2. The molecule has 182 valence electrons. The fraction of sp³-hybridized carbons (Fsp3) is 0.429. The monoisotopic (exact) mass is 473 g/mol. The van der Waals surface area contributed by atoms with Crippen LogP contribution in [-0.2, 0) is 4.79 Å². The molecule has 2 aromatic carbocycles. The molecule has 4 amide bonds. The molecule has 5 rings (SSSR count). The van der Waals surface area contributed by atoms with Crippen LogP contribution in [0.3, 0.4) is 0 Å². The van der Waals surface area contributed by atoms with E-state index < -0.39 is 0 Å². The average Bonchev–Trinajstić information content (AvgIpc) is 3.20. The minimum atomic E-state index is -0.384. The molecule has 2 fully saturated rings. The van der Waals surface area contributed by atoms with E-state index in [1.165, 1.54) is 0 Å². The highest BCUT2D eigenvalue weighted by atomic mass is 16.2. The smallest absolute Gasteiger partial charge is 0.261 e. The second kappa shape index (κ2) is 8.33. The van der Waals surface area contributed by atoms with Crippen LogP contribution in [0.5, 0.6) is 0 Å². The molecule has 1 aliphatic carbocycles. The van der Waals surface area contributed by atoms with Gasteiger partial charge in [-0.2, -0.15) is 0 Å². The van der Waals surface area contributed by atoms with Crippen molar-refractivity contribution in [2.75, 3.05) is 18.4 Å². The number of hydrogen-bond donors (Lipinski definition) is 1. The highest BCUT2D eigenvalue weighted by molar-refractivity contribution is 6.21. The van der Waals surface area contributed by atoms with E-state index in [2.05, 4.69) is 26.1 Å². The molecule has 35 heavy (non-hydrogen) atoms. The van der Waals surface area contributed by atoms with Crippen LogP contribution in [0.1, 0.15) is 77.5 Å². The molecule has 1 saturated carbocycles. The lowest BCUT2D eigenvalue weighted by Gasteiger charge is -2.39. The van der Waals surface area contributed by atoms with Crippen LogP contribution in [0.15, 0.2) is 48.5 Å². The van der Waals surface area contributed by atoms with E-state index in [1.54, 1.807) is 48.5 Å². The van der Waals surface area contributed by atoms with Gasteiger partial charge in [0.15, 0.2) is 0 Å². The van der Waals surface area contributed by atoms with Gasteiger partial charge in [0.25, 0.3) is 17.7 Å². The van der Waals surface area contributed by atoms with Crippen molar-refractivity contribution in [1.29, 1.82) is 0 Å². The maximum Gasteiger partial charge on any atom is 0.261 e. The summed E-state index contributed by atoms with van der Waals surface area (Å²) < 4.78 is 0. The average molecular weight is 474 g/mol. The number of nitrogens with one attached hydrogen (secondary N) is 1. The van der Waals surface area contributed by atoms with E-state index in [-0.39, 0.29) is 53.5 Å². The van der Waals surface area contributed by atoms with Crippen molar-refractivity contribution in [3.8, 4) is 0 Å². The van der Waals surface area contributed by atoms with Crippen LogP contribution >= 0.6 is 0 Å². The van der Waals surface area contributed by atoms with Gasteiger partial charge in [-0.25, -0.2) is 0 Å². The third-order valence-corrected chi connectivity index (χ3v) is 7.55.